The topological polar surface area (TPSA) is 0 Å². The van der Waals surface area contributed by atoms with Gasteiger partial charge in [-0.25, -0.2) is 0 Å². The van der Waals surface area contributed by atoms with Gasteiger partial charge in [0.1, 0.15) is 0 Å². The molecule has 0 atom stereocenters. The van der Waals surface area contributed by atoms with Gasteiger partial charge in [-0.05, 0) is 0 Å². The first kappa shape index (κ1) is 8.94. The minimum atomic E-state index is 0.637. The van der Waals surface area contributed by atoms with Gasteiger partial charge in [-0.15, -0.1) is 0 Å². The Labute approximate surface area is 78.7 Å². The summed E-state index contributed by atoms with van der Waals surface area (Å²) in [7, 11) is 0. The molecule has 0 saturated heterocycles. The fourth-order valence-electron chi connectivity index (χ4n) is 1.24. The Morgan fingerprint density at radius 3 is 2.36 bits per heavy atom. The maximum absolute atomic E-state index is 2.67. The van der Waals surface area contributed by atoms with E-state index >= 15 is 0 Å². The monoisotopic (exact) mass is 235 g/mol. The molecule has 0 saturated carbocycles. The van der Waals surface area contributed by atoms with Gasteiger partial charge in [0.05, 0.1) is 0 Å². The number of hydrogen-bond acceptors (Lipinski definition) is 0. The second kappa shape index (κ2) is 3.49. The molecule has 0 aliphatic rings. The summed E-state index contributed by atoms with van der Waals surface area (Å²) in [5.74, 6) is 0.637. The average molecular weight is 234 g/mol. The molecule has 0 heterocycles. The summed E-state index contributed by atoms with van der Waals surface area (Å²) in [6, 6.07) is 6.46. The summed E-state index contributed by atoms with van der Waals surface area (Å²) in [6.45, 7) is 6.64. The Balaban J connectivity index is 3.17. The van der Waals surface area contributed by atoms with Crippen molar-refractivity contribution in [3.63, 3.8) is 0 Å². The molecular weight excluding hydrogens is 221 g/mol. The van der Waals surface area contributed by atoms with Crippen molar-refractivity contribution in [1.29, 1.82) is 0 Å². The van der Waals surface area contributed by atoms with Crippen molar-refractivity contribution >= 4 is 4.16 Å². The molecular formula is C10H13Ru. The first-order valence-electron chi connectivity index (χ1n) is 3.86. The van der Waals surface area contributed by atoms with Gasteiger partial charge in [-0.2, -0.15) is 0 Å². The number of rotatable bonds is 1. The summed E-state index contributed by atoms with van der Waals surface area (Å²) in [6.07, 6.45) is 0. The fourth-order valence-corrected chi connectivity index (χ4v) is 1.66. The zero-order valence-electron chi connectivity index (χ0n) is 7.16. The van der Waals surface area contributed by atoms with E-state index in [1.54, 1.807) is 0 Å². The van der Waals surface area contributed by atoms with Gasteiger partial charge in [0, 0.05) is 0 Å². The van der Waals surface area contributed by atoms with Crippen molar-refractivity contribution < 1.29 is 18.3 Å². The van der Waals surface area contributed by atoms with E-state index in [0.717, 1.165) is 0 Å². The van der Waals surface area contributed by atoms with Crippen LogP contribution in [0.4, 0.5) is 0 Å². The van der Waals surface area contributed by atoms with Crippen LogP contribution in [-0.4, -0.2) is 0 Å². The maximum atomic E-state index is 2.67. The van der Waals surface area contributed by atoms with Crippen LogP contribution in [0.2, 0.25) is 0 Å². The zero-order valence-corrected chi connectivity index (χ0v) is 8.90. The van der Waals surface area contributed by atoms with Crippen molar-refractivity contribution in [2.45, 2.75) is 26.7 Å². The normalized spacial score (nSPS) is 10.6. The average Bonchev–Trinajstić information content (AvgIpc) is 1.94. The Bertz CT molecular complexity index is 251. The minimum absolute atomic E-state index is 0.637. The van der Waals surface area contributed by atoms with Crippen molar-refractivity contribution in [1.82, 2.24) is 0 Å². The van der Waals surface area contributed by atoms with Gasteiger partial charge in [0.2, 0.25) is 0 Å². The van der Waals surface area contributed by atoms with E-state index in [2.05, 4.69) is 57.3 Å². The molecule has 11 heavy (non-hydrogen) atoms. The van der Waals surface area contributed by atoms with Crippen molar-refractivity contribution in [2.75, 3.05) is 0 Å². The molecule has 1 aromatic carbocycles. The molecule has 61 valence electrons. The van der Waals surface area contributed by atoms with E-state index in [0.29, 0.717) is 5.92 Å². The molecule has 0 amide bonds. The van der Waals surface area contributed by atoms with Crippen LogP contribution in [0.5, 0.6) is 0 Å². The Morgan fingerprint density at radius 1 is 1.27 bits per heavy atom. The molecule has 0 N–H and O–H groups in total. The zero-order chi connectivity index (χ0) is 8.43. The molecule has 0 unspecified atom stereocenters. The van der Waals surface area contributed by atoms with E-state index in [-0.39, 0.29) is 0 Å². The van der Waals surface area contributed by atoms with E-state index in [9.17, 15) is 0 Å². The third-order valence-electron chi connectivity index (χ3n) is 1.92. The second-order valence-electron chi connectivity index (χ2n) is 3.10. The predicted octanol–water partition coefficient (Wildman–Crippen LogP) is 2.29. The molecule has 0 bridgehead atoms. The standard InChI is InChI=1S/C10H13.Ru/c1-8(2)10-7-5-4-6-9(10)3;/h4-5,7-8H,1-3H3;. The quantitative estimate of drug-likeness (QED) is 0.654. The molecule has 1 aromatic rings. The molecule has 0 aliphatic heterocycles. The summed E-state index contributed by atoms with van der Waals surface area (Å²) in [5.41, 5.74) is 2.88. The first-order chi connectivity index (χ1) is 5.13. The van der Waals surface area contributed by atoms with Gasteiger partial charge in [0.25, 0.3) is 0 Å². The van der Waals surface area contributed by atoms with Crippen LogP contribution in [0.3, 0.4) is 0 Å². The molecule has 0 spiro atoms. The molecule has 0 aromatic heterocycles. The summed E-state index contributed by atoms with van der Waals surface area (Å²) < 4.78 is 1.33. The number of hydrogen-bond donors (Lipinski definition) is 0. The van der Waals surface area contributed by atoms with Crippen molar-refractivity contribution in [3.05, 3.63) is 29.3 Å². The molecule has 1 rings (SSSR count). The van der Waals surface area contributed by atoms with Crippen LogP contribution in [0, 0.1) is 6.92 Å². The Kier molecular flexibility index (Phi) is 2.84. The van der Waals surface area contributed by atoms with Crippen LogP contribution in [-0.2, 0) is 18.3 Å². The van der Waals surface area contributed by atoms with Crippen LogP contribution in [0.15, 0.2) is 18.2 Å². The van der Waals surface area contributed by atoms with E-state index in [1.807, 2.05) is 0 Å². The van der Waals surface area contributed by atoms with Crippen molar-refractivity contribution in [3.8, 4) is 0 Å². The van der Waals surface area contributed by atoms with Gasteiger partial charge >= 0.3 is 78.5 Å². The Morgan fingerprint density at radius 2 is 1.91 bits per heavy atom. The predicted molar refractivity (Wildman–Crippen MR) is 44.9 cm³/mol. The first-order valence-corrected chi connectivity index (χ1v) is 4.73. The summed E-state index contributed by atoms with van der Waals surface area (Å²) >= 11 is 2.67. The van der Waals surface area contributed by atoms with Crippen LogP contribution < -0.4 is 4.16 Å². The summed E-state index contributed by atoms with van der Waals surface area (Å²) in [5, 5.41) is 0. The molecule has 0 aliphatic carbocycles. The van der Waals surface area contributed by atoms with Crippen LogP contribution >= 0.6 is 0 Å². The summed E-state index contributed by atoms with van der Waals surface area (Å²) in [4.78, 5) is 0. The van der Waals surface area contributed by atoms with Gasteiger partial charge < -0.3 is 0 Å². The molecule has 0 nitrogen and oxygen atoms in total. The molecule has 0 fully saturated rings. The molecule has 0 radical (unpaired) electrons. The molecule has 1 heteroatoms. The van der Waals surface area contributed by atoms with E-state index < -0.39 is 0 Å². The van der Waals surface area contributed by atoms with Crippen LogP contribution in [0.1, 0.15) is 30.9 Å². The van der Waals surface area contributed by atoms with Gasteiger partial charge in [-0.3, -0.25) is 0 Å². The van der Waals surface area contributed by atoms with Crippen LogP contribution in [0.25, 0.3) is 0 Å². The number of benzene rings is 1. The SMILES string of the molecule is Cc1[c]([Ru])cccc1C(C)C. The van der Waals surface area contributed by atoms with Gasteiger partial charge in [0.15, 0.2) is 0 Å². The van der Waals surface area contributed by atoms with E-state index in [4.69, 9.17) is 0 Å². The van der Waals surface area contributed by atoms with Gasteiger partial charge in [-0.1, -0.05) is 0 Å². The third-order valence-corrected chi connectivity index (χ3v) is 2.86. The Hall–Kier alpha value is -0.157. The van der Waals surface area contributed by atoms with E-state index in [1.165, 1.54) is 15.3 Å². The van der Waals surface area contributed by atoms with Crippen molar-refractivity contribution in [2.24, 2.45) is 0 Å². The third kappa shape index (κ3) is 1.90. The second-order valence-corrected chi connectivity index (χ2v) is 4.03. The fraction of sp³-hybridized carbons (Fsp3) is 0.400.